The van der Waals surface area contributed by atoms with E-state index in [-0.39, 0.29) is 23.2 Å². The molecule has 2 atom stereocenters. The number of amides is 1. The summed E-state index contributed by atoms with van der Waals surface area (Å²) in [6.07, 6.45) is 1.67. The molecule has 0 radical (unpaired) electrons. The van der Waals surface area contributed by atoms with Gasteiger partial charge in [0.1, 0.15) is 0 Å². The van der Waals surface area contributed by atoms with Crippen molar-refractivity contribution in [3.05, 3.63) is 34.9 Å². The molecule has 22 heavy (non-hydrogen) atoms. The highest BCUT2D eigenvalue weighted by molar-refractivity contribution is 6.31. The van der Waals surface area contributed by atoms with Gasteiger partial charge in [0.05, 0.1) is 5.92 Å². The fourth-order valence-corrected chi connectivity index (χ4v) is 3.39. The Bertz CT molecular complexity index is 571. The summed E-state index contributed by atoms with van der Waals surface area (Å²) in [7, 11) is 0. The number of carbonyl (C=O) groups excluding carboxylic acids is 1. The van der Waals surface area contributed by atoms with E-state index in [9.17, 15) is 9.59 Å². The maximum Gasteiger partial charge on any atom is 0.306 e. The maximum absolute atomic E-state index is 12.2. The molecule has 1 aromatic carbocycles. The monoisotopic (exact) mass is 323 g/mol. The Morgan fingerprint density at radius 3 is 2.50 bits per heavy atom. The van der Waals surface area contributed by atoms with Crippen LogP contribution in [0, 0.1) is 11.8 Å². The van der Waals surface area contributed by atoms with E-state index in [4.69, 9.17) is 16.7 Å². The molecule has 0 spiro atoms. The summed E-state index contributed by atoms with van der Waals surface area (Å²) in [5.41, 5.74) is 0.713. The first-order valence-electron chi connectivity index (χ1n) is 7.57. The highest BCUT2D eigenvalue weighted by atomic mass is 35.5. The lowest BCUT2D eigenvalue weighted by atomic mass is 9.84. The topological polar surface area (TPSA) is 66.4 Å². The van der Waals surface area contributed by atoms with E-state index in [1.165, 1.54) is 0 Å². The minimum absolute atomic E-state index is 0.0520. The first-order valence-corrected chi connectivity index (χ1v) is 7.94. The second-order valence-corrected chi connectivity index (χ2v) is 7.03. The van der Waals surface area contributed by atoms with Gasteiger partial charge in [-0.3, -0.25) is 9.59 Å². The molecule has 0 heterocycles. The van der Waals surface area contributed by atoms with Crippen molar-refractivity contribution in [1.29, 1.82) is 0 Å². The van der Waals surface area contributed by atoms with Crippen LogP contribution in [-0.4, -0.2) is 23.5 Å². The van der Waals surface area contributed by atoms with E-state index in [0.29, 0.717) is 30.8 Å². The number of aliphatic carboxylic acids is 1. The number of carboxylic acid groups (broad SMARTS) is 1. The first-order chi connectivity index (χ1) is 10.3. The van der Waals surface area contributed by atoms with Gasteiger partial charge in [0.25, 0.3) is 0 Å². The molecule has 1 fully saturated rings. The fraction of sp³-hybridized carbons (Fsp3) is 0.529. The molecule has 0 unspecified atom stereocenters. The Hall–Kier alpha value is -1.55. The Morgan fingerprint density at radius 1 is 1.27 bits per heavy atom. The second kappa shape index (κ2) is 6.69. The molecule has 0 saturated heterocycles. The summed E-state index contributed by atoms with van der Waals surface area (Å²) in [5.74, 6) is -1.42. The summed E-state index contributed by atoms with van der Waals surface area (Å²) in [6.45, 7) is 4.54. The Kier molecular flexibility index (Phi) is 5.12. The lowest BCUT2D eigenvalue weighted by Gasteiger charge is -2.27. The number of carbonyl (C=O) groups is 2. The largest absolute Gasteiger partial charge is 0.481 e. The molecule has 120 valence electrons. The van der Waals surface area contributed by atoms with Gasteiger partial charge >= 0.3 is 5.97 Å². The summed E-state index contributed by atoms with van der Waals surface area (Å²) in [6, 6.07) is 7.61. The lowest BCUT2D eigenvalue weighted by molar-refractivity contribution is -0.141. The van der Waals surface area contributed by atoms with Crippen LogP contribution in [0.4, 0.5) is 0 Å². The van der Waals surface area contributed by atoms with Gasteiger partial charge in [-0.25, -0.2) is 0 Å². The van der Waals surface area contributed by atoms with Crippen LogP contribution in [0.1, 0.15) is 38.7 Å². The highest BCUT2D eigenvalue weighted by Crippen LogP contribution is 2.32. The van der Waals surface area contributed by atoms with Crippen LogP contribution in [0.5, 0.6) is 0 Å². The SMILES string of the molecule is CC(C)(CNC(=O)[C@@H]1CC[C@H](C(=O)O)C1)c1ccccc1Cl. The van der Waals surface area contributed by atoms with Crippen LogP contribution >= 0.6 is 11.6 Å². The van der Waals surface area contributed by atoms with Gasteiger partial charge in [0.2, 0.25) is 5.91 Å². The van der Waals surface area contributed by atoms with Crippen molar-refractivity contribution >= 4 is 23.5 Å². The summed E-state index contributed by atoms with van der Waals surface area (Å²) in [4.78, 5) is 23.2. The minimum Gasteiger partial charge on any atom is -0.481 e. The van der Waals surface area contributed by atoms with Gasteiger partial charge in [0, 0.05) is 22.9 Å². The van der Waals surface area contributed by atoms with Crippen molar-refractivity contribution in [3.63, 3.8) is 0 Å². The summed E-state index contributed by atoms with van der Waals surface area (Å²) >= 11 is 6.23. The van der Waals surface area contributed by atoms with Gasteiger partial charge in [-0.15, -0.1) is 0 Å². The molecule has 1 saturated carbocycles. The molecule has 5 heteroatoms. The van der Waals surface area contributed by atoms with E-state index >= 15 is 0 Å². The Labute approximate surface area is 135 Å². The maximum atomic E-state index is 12.2. The van der Waals surface area contributed by atoms with E-state index < -0.39 is 5.97 Å². The van der Waals surface area contributed by atoms with E-state index in [2.05, 4.69) is 5.32 Å². The number of hydrogen-bond donors (Lipinski definition) is 2. The Balaban J connectivity index is 1.94. The van der Waals surface area contributed by atoms with Gasteiger partial charge < -0.3 is 10.4 Å². The zero-order chi connectivity index (χ0) is 16.3. The summed E-state index contributed by atoms with van der Waals surface area (Å²) < 4.78 is 0. The summed E-state index contributed by atoms with van der Waals surface area (Å²) in [5, 5.41) is 12.7. The van der Waals surface area contributed by atoms with E-state index in [1.807, 2.05) is 38.1 Å². The highest BCUT2D eigenvalue weighted by Gasteiger charge is 2.34. The van der Waals surface area contributed by atoms with E-state index in [1.54, 1.807) is 0 Å². The van der Waals surface area contributed by atoms with Crippen molar-refractivity contribution in [1.82, 2.24) is 5.32 Å². The van der Waals surface area contributed by atoms with Gasteiger partial charge in [-0.1, -0.05) is 43.6 Å². The number of carboxylic acids is 1. The number of halogens is 1. The third-order valence-electron chi connectivity index (χ3n) is 4.46. The smallest absolute Gasteiger partial charge is 0.306 e. The molecule has 0 aliphatic heterocycles. The van der Waals surface area contributed by atoms with Crippen LogP contribution in [0.15, 0.2) is 24.3 Å². The number of hydrogen-bond acceptors (Lipinski definition) is 2. The number of nitrogens with one attached hydrogen (secondary N) is 1. The average molecular weight is 324 g/mol. The first kappa shape index (κ1) is 16.8. The van der Waals surface area contributed by atoms with Crippen molar-refractivity contribution in [2.24, 2.45) is 11.8 Å². The normalized spacial score (nSPS) is 21.6. The molecule has 1 aliphatic carbocycles. The predicted molar refractivity (Wildman–Crippen MR) is 86.0 cm³/mol. The molecule has 2 rings (SSSR count). The zero-order valence-electron chi connectivity index (χ0n) is 12.9. The van der Waals surface area contributed by atoms with Crippen molar-refractivity contribution in [2.75, 3.05) is 6.54 Å². The van der Waals surface area contributed by atoms with Crippen LogP contribution in [-0.2, 0) is 15.0 Å². The average Bonchev–Trinajstić information content (AvgIpc) is 2.95. The zero-order valence-corrected chi connectivity index (χ0v) is 13.7. The van der Waals surface area contributed by atoms with E-state index in [0.717, 1.165) is 5.56 Å². The van der Waals surface area contributed by atoms with Crippen molar-refractivity contribution in [3.8, 4) is 0 Å². The molecule has 1 aromatic rings. The fourth-order valence-electron chi connectivity index (χ4n) is 3.00. The molecular weight excluding hydrogens is 302 g/mol. The standard InChI is InChI=1S/C17H22ClNO3/c1-17(2,13-5-3-4-6-14(13)18)10-19-15(20)11-7-8-12(9-11)16(21)22/h3-6,11-12H,7-10H2,1-2H3,(H,19,20)(H,21,22)/t11-,12+/m1/s1. The van der Waals surface area contributed by atoms with Crippen molar-refractivity contribution in [2.45, 2.75) is 38.5 Å². The van der Waals surface area contributed by atoms with Crippen LogP contribution < -0.4 is 5.32 Å². The third-order valence-corrected chi connectivity index (χ3v) is 4.79. The number of benzene rings is 1. The Morgan fingerprint density at radius 2 is 1.91 bits per heavy atom. The van der Waals surface area contributed by atoms with Crippen LogP contribution in [0.2, 0.25) is 5.02 Å². The van der Waals surface area contributed by atoms with Crippen LogP contribution in [0.25, 0.3) is 0 Å². The second-order valence-electron chi connectivity index (χ2n) is 6.63. The van der Waals surface area contributed by atoms with Gasteiger partial charge in [-0.05, 0) is 30.9 Å². The van der Waals surface area contributed by atoms with Crippen LogP contribution in [0.3, 0.4) is 0 Å². The molecule has 2 N–H and O–H groups in total. The molecule has 0 bridgehead atoms. The predicted octanol–water partition coefficient (Wildman–Crippen LogP) is 3.23. The molecule has 0 aromatic heterocycles. The molecule has 1 aliphatic rings. The quantitative estimate of drug-likeness (QED) is 0.874. The number of rotatable bonds is 5. The van der Waals surface area contributed by atoms with Crippen molar-refractivity contribution < 1.29 is 14.7 Å². The molecule has 4 nitrogen and oxygen atoms in total. The third kappa shape index (κ3) is 3.80. The van der Waals surface area contributed by atoms with Gasteiger partial charge in [-0.2, -0.15) is 0 Å². The van der Waals surface area contributed by atoms with Gasteiger partial charge in [0.15, 0.2) is 0 Å². The minimum atomic E-state index is -0.799. The molecule has 1 amide bonds. The molecular formula is C17H22ClNO3. The lowest BCUT2D eigenvalue weighted by Crippen LogP contribution is -2.39.